The third kappa shape index (κ3) is 9.75. The van der Waals surface area contributed by atoms with Crippen molar-refractivity contribution in [3.05, 3.63) is 59.4 Å². The van der Waals surface area contributed by atoms with Crippen molar-refractivity contribution in [2.45, 2.75) is 101 Å². The minimum atomic E-state index is -2.65. The highest BCUT2D eigenvalue weighted by atomic mass is 32.2. The maximum Gasteiger partial charge on any atom is 0.410 e. The lowest BCUT2D eigenvalue weighted by molar-refractivity contribution is -0.0571. The summed E-state index contributed by atoms with van der Waals surface area (Å²) in [4.78, 5) is 15.0. The van der Waals surface area contributed by atoms with Gasteiger partial charge in [0.05, 0.1) is 11.5 Å². The Balaban J connectivity index is 1.51. The Labute approximate surface area is 229 Å². The number of aryl methyl sites for hydroxylation is 1. The number of unbranched alkanes of at least 4 members (excludes halogenated alkanes) is 2. The fourth-order valence-corrected chi connectivity index (χ4v) is 5.46. The number of carbonyl (C=O) groups excluding carboxylic acids is 1. The number of alkyl halides is 2. The van der Waals surface area contributed by atoms with Crippen LogP contribution in [0.5, 0.6) is 5.75 Å². The summed E-state index contributed by atoms with van der Waals surface area (Å²) in [6.07, 6.45) is 1.90. The average molecular weight is 552 g/mol. The molecule has 0 atom stereocenters. The molecule has 210 valence electrons. The molecule has 0 radical (unpaired) electrons. The van der Waals surface area contributed by atoms with Crippen LogP contribution in [0.25, 0.3) is 0 Å². The van der Waals surface area contributed by atoms with Crippen molar-refractivity contribution in [2.75, 3.05) is 13.2 Å². The third-order valence-electron chi connectivity index (χ3n) is 6.44. The molecule has 0 aliphatic heterocycles. The van der Waals surface area contributed by atoms with Gasteiger partial charge in [-0.15, -0.1) is 11.8 Å². The van der Waals surface area contributed by atoms with Gasteiger partial charge in [-0.2, -0.15) is 0 Å². The second kappa shape index (κ2) is 13.6. The van der Waals surface area contributed by atoms with Gasteiger partial charge in [0.15, 0.2) is 0 Å². The largest absolute Gasteiger partial charge is 0.492 e. The second-order valence-corrected chi connectivity index (χ2v) is 12.0. The number of hydrogen-bond acceptors (Lipinski definition) is 4. The molecule has 3 rings (SSSR count). The van der Waals surface area contributed by atoms with Gasteiger partial charge in [-0.05, 0) is 83.1 Å². The quantitative estimate of drug-likeness (QED) is 0.207. The highest BCUT2D eigenvalue weighted by molar-refractivity contribution is 7.98. The zero-order valence-corrected chi connectivity index (χ0v) is 23.7. The molecule has 0 saturated heterocycles. The molecular formula is C30H40F3NO3S. The number of thioether (sulfide) groups is 1. The summed E-state index contributed by atoms with van der Waals surface area (Å²) in [6, 6.07) is 13.1. The van der Waals surface area contributed by atoms with Crippen LogP contribution in [0.1, 0.15) is 76.8 Å². The summed E-state index contributed by atoms with van der Waals surface area (Å²) in [5, 5.41) is 0. The molecule has 1 aliphatic rings. The zero-order chi connectivity index (χ0) is 27.8. The molecule has 1 aliphatic carbocycles. The van der Waals surface area contributed by atoms with E-state index in [1.165, 1.54) is 17.8 Å². The first-order chi connectivity index (χ1) is 17.9. The van der Waals surface area contributed by atoms with Crippen molar-refractivity contribution in [1.29, 1.82) is 0 Å². The highest BCUT2D eigenvalue weighted by Crippen LogP contribution is 2.37. The molecule has 1 fully saturated rings. The highest BCUT2D eigenvalue weighted by Gasteiger charge is 2.39. The van der Waals surface area contributed by atoms with Crippen LogP contribution in [0.3, 0.4) is 0 Å². The SMILES string of the molecule is Cc1cc(F)c(SCc2ccccc2)c(OCCCCCN(C(=O)OC(C)(C)C)C2CCC(F)(F)CC2)c1. The smallest absolute Gasteiger partial charge is 0.410 e. The Morgan fingerprint density at radius 3 is 2.42 bits per heavy atom. The number of nitrogens with zero attached hydrogens (tertiary/aromatic N) is 1. The van der Waals surface area contributed by atoms with Gasteiger partial charge in [0, 0.05) is 31.2 Å². The molecule has 0 heterocycles. The average Bonchev–Trinajstić information content (AvgIpc) is 2.83. The minimum absolute atomic E-state index is 0.206. The maximum absolute atomic E-state index is 14.8. The Morgan fingerprint density at radius 2 is 1.76 bits per heavy atom. The zero-order valence-electron chi connectivity index (χ0n) is 22.9. The lowest BCUT2D eigenvalue weighted by atomic mass is 9.91. The molecule has 1 saturated carbocycles. The molecule has 38 heavy (non-hydrogen) atoms. The second-order valence-electron chi connectivity index (χ2n) is 11.0. The van der Waals surface area contributed by atoms with Gasteiger partial charge in [-0.1, -0.05) is 30.3 Å². The van der Waals surface area contributed by atoms with E-state index in [1.807, 2.05) is 43.3 Å². The van der Waals surface area contributed by atoms with Crippen molar-refractivity contribution in [3.63, 3.8) is 0 Å². The van der Waals surface area contributed by atoms with E-state index in [0.717, 1.165) is 24.0 Å². The predicted octanol–water partition coefficient (Wildman–Crippen LogP) is 8.79. The van der Waals surface area contributed by atoms with Crippen molar-refractivity contribution in [1.82, 2.24) is 4.90 Å². The van der Waals surface area contributed by atoms with Crippen molar-refractivity contribution < 1.29 is 27.4 Å². The monoisotopic (exact) mass is 551 g/mol. The van der Waals surface area contributed by atoms with E-state index in [9.17, 15) is 18.0 Å². The molecule has 0 unspecified atom stereocenters. The van der Waals surface area contributed by atoms with Crippen molar-refractivity contribution in [3.8, 4) is 5.75 Å². The molecule has 0 bridgehead atoms. The number of benzene rings is 2. The Bertz CT molecular complexity index is 1030. The van der Waals surface area contributed by atoms with Crippen LogP contribution >= 0.6 is 11.8 Å². The number of halogens is 3. The number of carbonyl (C=O) groups is 1. The van der Waals surface area contributed by atoms with Crippen LogP contribution in [0.4, 0.5) is 18.0 Å². The van der Waals surface area contributed by atoms with Crippen LogP contribution in [0, 0.1) is 12.7 Å². The Hall–Kier alpha value is -2.35. The minimum Gasteiger partial charge on any atom is -0.492 e. The number of ether oxygens (including phenoxy) is 2. The van der Waals surface area contributed by atoms with Crippen LogP contribution in [0.15, 0.2) is 47.4 Å². The first kappa shape index (κ1) is 30.2. The van der Waals surface area contributed by atoms with E-state index in [1.54, 1.807) is 25.7 Å². The molecule has 0 spiro atoms. The maximum atomic E-state index is 14.8. The summed E-state index contributed by atoms with van der Waals surface area (Å²) >= 11 is 1.42. The number of rotatable bonds is 11. The molecule has 8 heteroatoms. The normalized spacial score (nSPS) is 15.8. The van der Waals surface area contributed by atoms with E-state index in [2.05, 4.69) is 0 Å². The fourth-order valence-electron chi connectivity index (χ4n) is 4.50. The van der Waals surface area contributed by atoms with E-state index < -0.39 is 17.6 Å². The standard InChI is InChI=1S/C30H40F3NO3S/c1-22-19-25(31)27(38-21-23-11-7-5-8-12-23)26(20-22)36-18-10-6-9-17-34(28(35)37-29(2,3)4)24-13-15-30(32,33)16-14-24/h5,7-8,11-12,19-20,24H,6,9-10,13-18,21H2,1-4H3. The molecule has 2 aromatic carbocycles. The molecule has 1 amide bonds. The van der Waals surface area contributed by atoms with Crippen LogP contribution < -0.4 is 4.74 Å². The summed E-state index contributed by atoms with van der Waals surface area (Å²) in [5.41, 5.74) is 1.26. The van der Waals surface area contributed by atoms with Crippen LogP contribution in [-0.4, -0.2) is 41.7 Å². The van der Waals surface area contributed by atoms with Crippen LogP contribution in [-0.2, 0) is 10.5 Å². The molecule has 4 nitrogen and oxygen atoms in total. The summed E-state index contributed by atoms with van der Waals surface area (Å²) in [5.74, 6) is -1.75. The van der Waals surface area contributed by atoms with E-state index in [4.69, 9.17) is 9.47 Å². The van der Waals surface area contributed by atoms with Gasteiger partial charge >= 0.3 is 6.09 Å². The molecule has 2 aromatic rings. The molecule has 0 aromatic heterocycles. The lowest BCUT2D eigenvalue weighted by Gasteiger charge is -2.37. The number of amides is 1. The van der Waals surface area contributed by atoms with Crippen molar-refractivity contribution in [2.24, 2.45) is 0 Å². The topological polar surface area (TPSA) is 38.8 Å². The van der Waals surface area contributed by atoms with Gasteiger partial charge in [0.25, 0.3) is 0 Å². The third-order valence-corrected chi connectivity index (χ3v) is 7.60. The Kier molecular flexibility index (Phi) is 10.8. The first-order valence-electron chi connectivity index (χ1n) is 13.4. The Morgan fingerprint density at radius 1 is 1.08 bits per heavy atom. The number of hydrogen-bond donors (Lipinski definition) is 0. The van der Waals surface area contributed by atoms with Crippen molar-refractivity contribution >= 4 is 17.9 Å². The predicted molar refractivity (Wildman–Crippen MR) is 147 cm³/mol. The van der Waals surface area contributed by atoms with Gasteiger partial charge < -0.3 is 14.4 Å². The summed E-state index contributed by atoms with van der Waals surface area (Å²) < 4.78 is 53.7. The van der Waals surface area contributed by atoms with E-state index >= 15 is 0 Å². The van der Waals surface area contributed by atoms with Gasteiger partial charge in [-0.25, -0.2) is 18.0 Å². The molecule has 0 N–H and O–H groups in total. The summed E-state index contributed by atoms with van der Waals surface area (Å²) in [6.45, 7) is 8.11. The lowest BCUT2D eigenvalue weighted by Crippen LogP contribution is -2.46. The first-order valence-corrected chi connectivity index (χ1v) is 14.4. The van der Waals surface area contributed by atoms with E-state index in [0.29, 0.717) is 36.0 Å². The van der Waals surface area contributed by atoms with Gasteiger partial charge in [0.1, 0.15) is 17.2 Å². The van der Waals surface area contributed by atoms with Gasteiger partial charge in [-0.3, -0.25) is 0 Å². The summed E-state index contributed by atoms with van der Waals surface area (Å²) in [7, 11) is 0. The molecular weight excluding hydrogens is 511 g/mol. The fraction of sp³-hybridized carbons (Fsp3) is 0.567. The van der Waals surface area contributed by atoms with Gasteiger partial charge in [0.2, 0.25) is 5.92 Å². The van der Waals surface area contributed by atoms with E-state index in [-0.39, 0.29) is 37.5 Å². The van der Waals surface area contributed by atoms with Crippen LogP contribution in [0.2, 0.25) is 0 Å².